The Morgan fingerprint density at radius 3 is 2.80 bits per heavy atom. The summed E-state index contributed by atoms with van der Waals surface area (Å²) in [5.74, 6) is -0.412. The normalized spacial score (nSPS) is 15.8. The highest BCUT2D eigenvalue weighted by Crippen LogP contribution is 2.47. The van der Waals surface area contributed by atoms with Gasteiger partial charge in [-0.15, -0.1) is 0 Å². The Kier molecular flexibility index (Phi) is 4.60. The molecule has 5 heteroatoms. The molecule has 0 atom stereocenters. The van der Waals surface area contributed by atoms with Crippen molar-refractivity contribution in [2.45, 2.75) is 25.7 Å². The molecule has 1 aromatic rings. The molecule has 0 radical (unpaired) electrons. The van der Waals surface area contributed by atoms with Crippen molar-refractivity contribution < 1.29 is 19.0 Å². The number of halogens is 1. The van der Waals surface area contributed by atoms with Crippen LogP contribution < -0.4 is 10.1 Å². The summed E-state index contributed by atoms with van der Waals surface area (Å²) in [6.45, 7) is 0.741. The standard InChI is InChI=1S/C15H20FNO3/c1-20-13-3-2-11(8-12(13)16)9-14(19)17-10-15(4-5-15)6-7-18/h2-3,8,18H,4-7,9-10H2,1H3,(H,17,19). The van der Waals surface area contributed by atoms with Crippen molar-refractivity contribution in [3.8, 4) is 5.75 Å². The van der Waals surface area contributed by atoms with Crippen LogP contribution in [-0.4, -0.2) is 31.3 Å². The third-order valence-corrected chi connectivity index (χ3v) is 3.84. The molecule has 0 unspecified atom stereocenters. The first kappa shape index (κ1) is 14.8. The summed E-state index contributed by atoms with van der Waals surface area (Å²) < 4.78 is 18.3. The number of methoxy groups -OCH3 is 1. The zero-order chi connectivity index (χ0) is 14.6. The van der Waals surface area contributed by atoms with Crippen LogP contribution in [0.1, 0.15) is 24.8 Å². The molecule has 0 spiro atoms. The van der Waals surface area contributed by atoms with Gasteiger partial charge in [0.25, 0.3) is 0 Å². The Bertz CT molecular complexity index is 486. The summed E-state index contributed by atoms with van der Waals surface area (Å²) in [4.78, 5) is 11.8. The van der Waals surface area contributed by atoms with Crippen molar-refractivity contribution in [1.82, 2.24) is 5.32 Å². The minimum absolute atomic E-state index is 0.0928. The van der Waals surface area contributed by atoms with Gasteiger partial charge >= 0.3 is 0 Å². The van der Waals surface area contributed by atoms with Gasteiger partial charge in [0, 0.05) is 13.2 Å². The zero-order valence-electron chi connectivity index (χ0n) is 11.6. The van der Waals surface area contributed by atoms with Gasteiger partial charge < -0.3 is 15.2 Å². The lowest BCUT2D eigenvalue weighted by atomic mass is 10.0. The highest BCUT2D eigenvalue weighted by molar-refractivity contribution is 5.78. The van der Waals surface area contributed by atoms with Gasteiger partial charge in [0.1, 0.15) is 0 Å². The molecule has 1 amide bonds. The van der Waals surface area contributed by atoms with Crippen LogP contribution in [-0.2, 0) is 11.2 Å². The summed E-state index contributed by atoms with van der Waals surface area (Å²) in [5, 5.41) is 11.8. The topological polar surface area (TPSA) is 58.6 Å². The van der Waals surface area contributed by atoms with Crippen molar-refractivity contribution in [3.05, 3.63) is 29.6 Å². The van der Waals surface area contributed by atoms with E-state index < -0.39 is 5.82 Å². The molecule has 110 valence electrons. The number of hydrogen-bond acceptors (Lipinski definition) is 3. The van der Waals surface area contributed by atoms with E-state index in [-0.39, 0.29) is 30.1 Å². The van der Waals surface area contributed by atoms with E-state index in [1.54, 1.807) is 6.07 Å². The maximum absolute atomic E-state index is 13.5. The van der Waals surface area contributed by atoms with Gasteiger partial charge in [0.15, 0.2) is 11.6 Å². The molecule has 20 heavy (non-hydrogen) atoms. The van der Waals surface area contributed by atoms with Gasteiger partial charge in [0.05, 0.1) is 13.5 Å². The van der Waals surface area contributed by atoms with Crippen LogP contribution in [0.25, 0.3) is 0 Å². The molecule has 2 rings (SSSR count). The molecular weight excluding hydrogens is 261 g/mol. The van der Waals surface area contributed by atoms with E-state index in [1.807, 2.05) is 0 Å². The number of aliphatic hydroxyl groups excluding tert-OH is 1. The SMILES string of the molecule is COc1ccc(CC(=O)NCC2(CCO)CC2)cc1F. The largest absolute Gasteiger partial charge is 0.494 e. The summed E-state index contributed by atoms with van der Waals surface area (Å²) in [6.07, 6.45) is 2.97. The minimum Gasteiger partial charge on any atom is -0.494 e. The number of amides is 1. The Balaban J connectivity index is 1.84. The van der Waals surface area contributed by atoms with Crippen LogP contribution in [0.5, 0.6) is 5.75 Å². The second-order valence-electron chi connectivity index (χ2n) is 5.40. The average Bonchev–Trinajstić information content (AvgIpc) is 3.18. The molecule has 1 fully saturated rings. The Labute approximate surface area is 117 Å². The molecule has 1 aliphatic rings. The quantitative estimate of drug-likeness (QED) is 0.799. The molecule has 0 bridgehead atoms. The monoisotopic (exact) mass is 281 g/mol. The van der Waals surface area contributed by atoms with Crippen LogP contribution >= 0.6 is 0 Å². The van der Waals surface area contributed by atoms with E-state index in [0.29, 0.717) is 12.1 Å². The van der Waals surface area contributed by atoms with Gasteiger partial charge in [0.2, 0.25) is 5.91 Å². The fraction of sp³-hybridized carbons (Fsp3) is 0.533. The lowest BCUT2D eigenvalue weighted by Gasteiger charge is -2.14. The second kappa shape index (κ2) is 6.22. The number of carbonyl (C=O) groups is 1. The number of rotatable bonds is 7. The van der Waals surface area contributed by atoms with E-state index >= 15 is 0 Å². The number of hydrogen-bond donors (Lipinski definition) is 2. The fourth-order valence-electron chi connectivity index (χ4n) is 2.28. The van der Waals surface area contributed by atoms with Crippen LogP contribution in [0, 0.1) is 11.2 Å². The summed E-state index contributed by atoms with van der Waals surface area (Å²) >= 11 is 0. The number of ether oxygens (including phenoxy) is 1. The lowest BCUT2D eigenvalue weighted by molar-refractivity contribution is -0.120. The molecule has 1 aromatic carbocycles. The molecule has 4 nitrogen and oxygen atoms in total. The van der Waals surface area contributed by atoms with Gasteiger partial charge in [-0.05, 0) is 42.4 Å². The number of benzene rings is 1. The van der Waals surface area contributed by atoms with Crippen molar-refractivity contribution in [2.24, 2.45) is 5.41 Å². The van der Waals surface area contributed by atoms with Crippen molar-refractivity contribution in [3.63, 3.8) is 0 Å². The molecule has 2 N–H and O–H groups in total. The first-order chi connectivity index (χ1) is 9.58. The molecule has 0 aliphatic heterocycles. The smallest absolute Gasteiger partial charge is 0.224 e. The van der Waals surface area contributed by atoms with E-state index in [4.69, 9.17) is 9.84 Å². The van der Waals surface area contributed by atoms with Gasteiger partial charge in [-0.3, -0.25) is 4.79 Å². The molecule has 0 saturated heterocycles. The third kappa shape index (κ3) is 3.70. The lowest BCUT2D eigenvalue weighted by Crippen LogP contribution is -2.31. The molecular formula is C15H20FNO3. The first-order valence-electron chi connectivity index (χ1n) is 6.78. The molecule has 0 heterocycles. The molecule has 0 aromatic heterocycles. The zero-order valence-corrected chi connectivity index (χ0v) is 11.6. The highest BCUT2D eigenvalue weighted by Gasteiger charge is 2.41. The minimum atomic E-state index is -0.461. The van der Waals surface area contributed by atoms with Crippen LogP contribution in [0.15, 0.2) is 18.2 Å². The summed E-state index contributed by atoms with van der Waals surface area (Å²) in [7, 11) is 1.40. The highest BCUT2D eigenvalue weighted by atomic mass is 19.1. The number of aliphatic hydroxyl groups is 1. The maximum Gasteiger partial charge on any atom is 0.224 e. The second-order valence-corrected chi connectivity index (χ2v) is 5.40. The van der Waals surface area contributed by atoms with Gasteiger partial charge in [-0.1, -0.05) is 6.07 Å². The molecule has 1 aliphatic carbocycles. The maximum atomic E-state index is 13.5. The average molecular weight is 281 g/mol. The van der Waals surface area contributed by atoms with Crippen molar-refractivity contribution >= 4 is 5.91 Å². The Morgan fingerprint density at radius 1 is 1.50 bits per heavy atom. The van der Waals surface area contributed by atoms with Gasteiger partial charge in [-0.2, -0.15) is 0 Å². The van der Waals surface area contributed by atoms with E-state index in [2.05, 4.69) is 5.32 Å². The number of carbonyl (C=O) groups excluding carboxylic acids is 1. The fourth-order valence-corrected chi connectivity index (χ4v) is 2.28. The van der Waals surface area contributed by atoms with Crippen LogP contribution in [0.3, 0.4) is 0 Å². The summed E-state index contributed by atoms with van der Waals surface area (Å²) in [5.41, 5.74) is 0.711. The Morgan fingerprint density at radius 2 is 2.25 bits per heavy atom. The van der Waals surface area contributed by atoms with Crippen molar-refractivity contribution in [2.75, 3.05) is 20.3 Å². The van der Waals surface area contributed by atoms with Crippen LogP contribution in [0.4, 0.5) is 4.39 Å². The molecule has 1 saturated carbocycles. The van der Waals surface area contributed by atoms with Crippen molar-refractivity contribution in [1.29, 1.82) is 0 Å². The third-order valence-electron chi connectivity index (χ3n) is 3.84. The number of nitrogens with one attached hydrogen (secondary N) is 1. The predicted octanol–water partition coefficient (Wildman–Crippen LogP) is 1.66. The van der Waals surface area contributed by atoms with E-state index in [9.17, 15) is 9.18 Å². The Hall–Kier alpha value is -1.62. The van der Waals surface area contributed by atoms with Crippen LogP contribution in [0.2, 0.25) is 0 Å². The summed E-state index contributed by atoms with van der Waals surface area (Å²) in [6, 6.07) is 4.52. The van der Waals surface area contributed by atoms with E-state index in [1.165, 1.54) is 19.2 Å². The van der Waals surface area contributed by atoms with Gasteiger partial charge in [-0.25, -0.2) is 4.39 Å². The first-order valence-corrected chi connectivity index (χ1v) is 6.78. The predicted molar refractivity (Wildman–Crippen MR) is 73.0 cm³/mol. The van der Waals surface area contributed by atoms with E-state index in [0.717, 1.165) is 19.3 Å².